The molecule has 1 N–H and O–H groups in total. The smallest absolute Gasteiger partial charge is 0.417 e. The zero-order valence-electron chi connectivity index (χ0n) is 16.1. The molecule has 1 heterocycles. The first-order valence-corrected chi connectivity index (χ1v) is 10.7. The van der Waals surface area contributed by atoms with Crippen molar-refractivity contribution in [2.75, 3.05) is 10.8 Å². The number of anilines is 1. The molecule has 3 rings (SSSR count). The number of nitrogens with one attached hydrogen (secondary N) is 1. The first kappa shape index (κ1) is 23.4. The van der Waals surface area contributed by atoms with Crippen molar-refractivity contribution in [2.24, 2.45) is 5.10 Å². The Labute approximate surface area is 186 Å². The first-order valence-electron chi connectivity index (χ1n) is 8.89. The quantitative estimate of drug-likeness (QED) is 0.399. The van der Waals surface area contributed by atoms with Gasteiger partial charge in [0.1, 0.15) is 12.3 Å². The van der Waals surface area contributed by atoms with Crippen molar-refractivity contribution in [1.82, 2.24) is 5.43 Å². The SMILES string of the molecule is O=C(CN(c1ccc(Cl)c(C(F)(F)F)c1)S(=O)(=O)c1ccccc1)N/N=C\c1ccco1. The fraction of sp³-hybridized carbons (Fsp3) is 0.100. The van der Waals surface area contributed by atoms with Crippen LogP contribution in [0.2, 0.25) is 5.02 Å². The van der Waals surface area contributed by atoms with Crippen LogP contribution in [0.5, 0.6) is 0 Å². The molecule has 0 spiro atoms. The Morgan fingerprint density at radius 2 is 1.84 bits per heavy atom. The van der Waals surface area contributed by atoms with E-state index in [1.807, 2.05) is 0 Å². The summed E-state index contributed by atoms with van der Waals surface area (Å²) < 4.78 is 71.8. The Hall–Kier alpha value is -3.31. The van der Waals surface area contributed by atoms with Crippen LogP contribution in [-0.4, -0.2) is 27.1 Å². The minimum absolute atomic E-state index is 0.213. The van der Waals surface area contributed by atoms with Crippen molar-refractivity contribution in [2.45, 2.75) is 11.1 Å². The van der Waals surface area contributed by atoms with Gasteiger partial charge in [-0.3, -0.25) is 9.10 Å². The predicted octanol–water partition coefficient (Wildman–Crippen LogP) is 4.30. The lowest BCUT2D eigenvalue weighted by atomic mass is 10.2. The molecule has 0 saturated heterocycles. The van der Waals surface area contributed by atoms with Crippen LogP contribution in [0.1, 0.15) is 11.3 Å². The Kier molecular flexibility index (Phi) is 6.90. The van der Waals surface area contributed by atoms with E-state index in [1.54, 1.807) is 18.2 Å². The van der Waals surface area contributed by atoms with Crippen LogP contribution in [0.15, 0.2) is 81.3 Å². The summed E-state index contributed by atoms with van der Waals surface area (Å²) in [5, 5.41) is 3.04. The first-order chi connectivity index (χ1) is 15.1. The van der Waals surface area contributed by atoms with Crippen LogP contribution in [0.4, 0.5) is 18.9 Å². The molecule has 0 fully saturated rings. The van der Waals surface area contributed by atoms with Gasteiger partial charge in [-0.05, 0) is 42.5 Å². The monoisotopic (exact) mass is 485 g/mol. The highest BCUT2D eigenvalue weighted by atomic mass is 35.5. The lowest BCUT2D eigenvalue weighted by Gasteiger charge is -2.24. The normalized spacial score (nSPS) is 12.1. The van der Waals surface area contributed by atoms with Crippen LogP contribution in [0.3, 0.4) is 0 Å². The minimum Gasteiger partial charge on any atom is -0.463 e. The molecule has 0 aliphatic carbocycles. The number of sulfonamides is 1. The maximum atomic E-state index is 13.3. The predicted molar refractivity (Wildman–Crippen MR) is 112 cm³/mol. The van der Waals surface area contributed by atoms with Crippen molar-refractivity contribution in [1.29, 1.82) is 0 Å². The Morgan fingerprint density at radius 1 is 1.12 bits per heavy atom. The number of hydrogen-bond donors (Lipinski definition) is 1. The van der Waals surface area contributed by atoms with Gasteiger partial charge in [-0.25, -0.2) is 13.8 Å². The van der Waals surface area contributed by atoms with Crippen molar-refractivity contribution < 1.29 is 30.8 Å². The summed E-state index contributed by atoms with van der Waals surface area (Å²) >= 11 is 5.64. The topological polar surface area (TPSA) is 92.0 Å². The van der Waals surface area contributed by atoms with Gasteiger partial charge in [0, 0.05) is 0 Å². The summed E-state index contributed by atoms with van der Waals surface area (Å²) in [5.41, 5.74) is 0.489. The van der Waals surface area contributed by atoms with E-state index >= 15 is 0 Å². The molecule has 1 aromatic heterocycles. The Bertz CT molecular complexity index is 1210. The van der Waals surface area contributed by atoms with Gasteiger partial charge >= 0.3 is 6.18 Å². The number of nitrogens with zero attached hydrogens (tertiary/aromatic N) is 2. The molecule has 168 valence electrons. The number of amides is 1. The Morgan fingerprint density at radius 3 is 2.47 bits per heavy atom. The van der Waals surface area contributed by atoms with Gasteiger partial charge in [0.25, 0.3) is 15.9 Å². The summed E-state index contributed by atoms with van der Waals surface area (Å²) in [6, 6.07) is 12.7. The van der Waals surface area contributed by atoms with Gasteiger partial charge in [0.15, 0.2) is 0 Å². The van der Waals surface area contributed by atoms with Crippen molar-refractivity contribution >= 4 is 39.4 Å². The maximum Gasteiger partial charge on any atom is 0.417 e. The molecule has 0 bridgehead atoms. The molecule has 0 aliphatic heterocycles. The third kappa shape index (κ3) is 5.48. The summed E-state index contributed by atoms with van der Waals surface area (Å²) in [6.45, 7) is -0.842. The molecule has 0 radical (unpaired) electrons. The van der Waals surface area contributed by atoms with Crippen LogP contribution < -0.4 is 9.73 Å². The van der Waals surface area contributed by atoms with Crippen molar-refractivity contribution in [3.05, 3.63) is 83.3 Å². The second kappa shape index (κ2) is 9.45. The molecule has 1 amide bonds. The number of carbonyl (C=O) groups excluding carboxylic acids is 1. The molecule has 0 atom stereocenters. The maximum absolute atomic E-state index is 13.3. The number of hydrazone groups is 1. The van der Waals surface area contributed by atoms with Crippen LogP contribution in [0.25, 0.3) is 0 Å². The van der Waals surface area contributed by atoms with Crippen LogP contribution in [-0.2, 0) is 21.0 Å². The second-order valence-electron chi connectivity index (χ2n) is 6.30. The van der Waals surface area contributed by atoms with E-state index in [1.165, 1.54) is 36.7 Å². The lowest BCUT2D eigenvalue weighted by Crippen LogP contribution is -2.39. The summed E-state index contributed by atoms with van der Waals surface area (Å²) in [5.74, 6) is -0.567. The third-order valence-electron chi connectivity index (χ3n) is 4.09. The van der Waals surface area contributed by atoms with Crippen LogP contribution in [0, 0.1) is 0 Å². The number of rotatable bonds is 7. The molecule has 32 heavy (non-hydrogen) atoms. The zero-order valence-corrected chi connectivity index (χ0v) is 17.7. The molecular weight excluding hydrogens is 471 g/mol. The molecule has 12 heteroatoms. The summed E-state index contributed by atoms with van der Waals surface area (Å²) in [4.78, 5) is 12.2. The molecule has 3 aromatic rings. The number of alkyl halides is 3. The fourth-order valence-electron chi connectivity index (χ4n) is 2.62. The van der Waals surface area contributed by atoms with Gasteiger partial charge in [-0.2, -0.15) is 18.3 Å². The average Bonchev–Trinajstić information content (AvgIpc) is 3.26. The number of furan rings is 1. The zero-order chi connectivity index (χ0) is 23.4. The second-order valence-corrected chi connectivity index (χ2v) is 8.56. The van der Waals surface area contributed by atoms with E-state index in [-0.39, 0.29) is 4.90 Å². The van der Waals surface area contributed by atoms with E-state index < -0.39 is 44.9 Å². The highest BCUT2D eigenvalue weighted by Crippen LogP contribution is 2.37. The van der Waals surface area contributed by atoms with Crippen molar-refractivity contribution in [3.8, 4) is 0 Å². The Balaban J connectivity index is 1.96. The lowest BCUT2D eigenvalue weighted by molar-refractivity contribution is -0.137. The van der Waals surface area contributed by atoms with Gasteiger partial charge in [0.05, 0.1) is 33.6 Å². The summed E-state index contributed by atoms with van der Waals surface area (Å²) in [7, 11) is -4.40. The minimum atomic E-state index is -4.83. The third-order valence-corrected chi connectivity index (χ3v) is 6.20. The van der Waals surface area contributed by atoms with E-state index in [0.29, 0.717) is 16.1 Å². The molecular formula is C20H15ClF3N3O4S. The highest BCUT2D eigenvalue weighted by Gasteiger charge is 2.35. The van der Waals surface area contributed by atoms with Gasteiger partial charge in [-0.15, -0.1) is 0 Å². The average molecular weight is 486 g/mol. The van der Waals surface area contributed by atoms with Gasteiger partial charge in [0.2, 0.25) is 0 Å². The molecule has 0 unspecified atom stereocenters. The molecule has 7 nitrogen and oxygen atoms in total. The van der Waals surface area contributed by atoms with E-state index in [2.05, 4.69) is 10.5 Å². The van der Waals surface area contributed by atoms with E-state index in [0.717, 1.165) is 12.1 Å². The highest BCUT2D eigenvalue weighted by molar-refractivity contribution is 7.92. The van der Waals surface area contributed by atoms with E-state index in [4.69, 9.17) is 16.0 Å². The molecule has 0 aliphatic rings. The number of halogens is 4. The standard InChI is InChI=1S/C20H15ClF3N3O4S/c21-18-9-8-14(11-17(18)20(22,23)24)27(32(29,30)16-6-2-1-3-7-16)13-19(28)26-25-12-15-5-4-10-31-15/h1-12H,13H2,(H,26,28)/b25-12-. The van der Waals surface area contributed by atoms with Crippen molar-refractivity contribution in [3.63, 3.8) is 0 Å². The largest absolute Gasteiger partial charge is 0.463 e. The van der Waals surface area contributed by atoms with Crippen LogP contribution >= 0.6 is 11.6 Å². The van der Waals surface area contributed by atoms with Gasteiger partial charge in [-0.1, -0.05) is 29.8 Å². The number of hydrogen-bond acceptors (Lipinski definition) is 5. The number of benzene rings is 2. The fourth-order valence-corrected chi connectivity index (χ4v) is 4.28. The molecule has 2 aromatic carbocycles. The number of carbonyl (C=O) groups is 1. The molecule has 0 saturated carbocycles. The summed E-state index contributed by atoms with van der Waals surface area (Å²) in [6.07, 6.45) is -2.26. The van der Waals surface area contributed by atoms with Gasteiger partial charge < -0.3 is 4.42 Å². The van der Waals surface area contributed by atoms with E-state index in [9.17, 15) is 26.4 Å².